The second-order valence-electron chi connectivity index (χ2n) is 7.41. The Labute approximate surface area is 188 Å². The Kier molecular flexibility index (Phi) is 7.87. The molecule has 0 heterocycles. The molecule has 0 radical (unpaired) electrons. The molecule has 2 N–H and O–H groups in total. The number of carbonyl (C=O) groups is 1. The summed E-state index contributed by atoms with van der Waals surface area (Å²) in [5.74, 6) is 1.26. The molecule has 6 nitrogen and oxygen atoms in total. The molecule has 0 saturated heterocycles. The lowest BCUT2D eigenvalue weighted by atomic mass is 9.80. The van der Waals surface area contributed by atoms with Crippen molar-refractivity contribution in [3.05, 3.63) is 95.6 Å². The molecule has 0 bridgehead atoms. The Morgan fingerprint density at radius 3 is 1.75 bits per heavy atom. The van der Waals surface area contributed by atoms with E-state index in [1.807, 2.05) is 78.9 Å². The zero-order chi connectivity index (χ0) is 23.0. The van der Waals surface area contributed by atoms with Crippen LogP contribution in [0.25, 0.3) is 0 Å². The highest BCUT2D eigenvalue weighted by molar-refractivity contribution is 5.72. The minimum atomic E-state index is -1.00. The van der Waals surface area contributed by atoms with Crippen molar-refractivity contribution in [2.24, 2.45) is 0 Å². The summed E-state index contributed by atoms with van der Waals surface area (Å²) in [6, 6.07) is 25.2. The van der Waals surface area contributed by atoms with Gasteiger partial charge in [-0.05, 0) is 41.0 Å². The monoisotopic (exact) mass is 435 g/mol. The van der Waals surface area contributed by atoms with Crippen molar-refractivity contribution in [2.45, 2.75) is 18.6 Å². The Hall–Kier alpha value is -3.35. The molecular weight excluding hydrogens is 406 g/mol. The maximum Gasteiger partial charge on any atom is 0.216 e. The van der Waals surface area contributed by atoms with Crippen LogP contribution in [0.3, 0.4) is 0 Å². The minimum Gasteiger partial charge on any atom is -0.497 e. The van der Waals surface area contributed by atoms with E-state index in [1.165, 1.54) is 6.92 Å². The molecule has 3 rings (SSSR count). The summed E-state index contributed by atoms with van der Waals surface area (Å²) in [5.41, 5.74) is 1.65. The topological polar surface area (TPSA) is 77.0 Å². The molecule has 0 aromatic heterocycles. The van der Waals surface area contributed by atoms with Crippen molar-refractivity contribution in [2.75, 3.05) is 27.4 Å². The second kappa shape index (κ2) is 10.8. The van der Waals surface area contributed by atoms with Crippen molar-refractivity contribution >= 4 is 5.91 Å². The van der Waals surface area contributed by atoms with Gasteiger partial charge in [-0.3, -0.25) is 4.79 Å². The third kappa shape index (κ3) is 5.28. The molecule has 3 aromatic rings. The Morgan fingerprint density at radius 2 is 1.31 bits per heavy atom. The van der Waals surface area contributed by atoms with Crippen LogP contribution in [0, 0.1) is 0 Å². The van der Waals surface area contributed by atoms with Crippen LogP contribution < -0.4 is 14.8 Å². The van der Waals surface area contributed by atoms with Crippen LogP contribution in [-0.2, 0) is 15.1 Å². The number of carbonyl (C=O) groups excluding carboxylic acids is 1. The smallest absolute Gasteiger partial charge is 0.216 e. The van der Waals surface area contributed by atoms with Crippen LogP contribution in [0.5, 0.6) is 11.5 Å². The summed E-state index contributed by atoms with van der Waals surface area (Å²) in [7, 11) is 3.25. The van der Waals surface area contributed by atoms with Crippen molar-refractivity contribution < 1.29 is 24.1 Å². The Morgan fingerprint density at radius 1 is 0.844 bits per heavy atom. The van der Waals surface area contributed by atoms with Gasteiger partial charge in [0, 0.05) is 13.5 Å². The van der Waals surface area contributed by atoms with Crippen LogP contribution >= 0.6 is 0 Å². The molecule has 168 valence electrons. The molecule has 0 saturated carbocycles. The van der Waals surface area contributed by atoms with Gasteiger partial charge in [0.15, 0.2) is 0 Å². The van der Waals surface area contributed by atoms with Crippen LogP contribution in [-0.4, -0.2) is 44.5 Å². The number of hydrogen-bond donors (Lipinski definition) is 2. The number of amides is 1. The van der Waals surface area contributed by atoms with Gasteiger partial charge >= 0.3 is 0 Å². The molecule has 1 atom stereocenters. The van der Waals surface area contributed by atoms with E-state index in [1.54, 1.807) is 14.2 Å². The fraction of sp³-hybridized carbons (Fsp3) is 0.269. The van der Waals surface area contributed by atoms with E-state index in [-0.39, 0.29) is 19.1 Å². The van der Waals surface area contributed by atoms with Crippen LogP contribution in [0.1, 0.15) is 23.6 Å². The van der Waals surface area contributed by atoms with E-state index >= 15 is 0 Å². The highest BCUT2D eigenvalue weighted by Gasteiger charge is 2.38. The lowest BCUT2D eigenvalue weighted by molar-refractivity contribution is -0.119. The molecule has 0 spiro atoms. The summed E-state index contributed by atoms with van der Waals surface area (Å²) in [4.78, 5) is 11.2. The SMILES string of the molecule is COc1ccc(C(OCC(O)CNC(C)=O)(c2ccccc2)c2ccc(OC)cc2)cc1. The third-order valence-corrected chi connectivity index (χ3v) is 5.25. The molecule has 0 aliphatic heterocycles. The predicted octanol–water partition coefficient (Wildman–Crippen LogP) is 3.51. The zero-order valence-corrected chi connectivity index (χ0v) is 18.6. The average Bonchev–Trinajstić information content (AvgIpc) is 2.84. The average molecular weight is 436 g/mol. The highest BCUT2D eigenvalue weighted by atomic mass is 16.5. The first-order valence-electron chi connectivity index (χ1n) is 10.4. The van der Waals surface area contributed by atoms with Gasteiger partial charge in [0.05, 0.1) is 26.9 Å². The van der Waals surface area contributed by atoms with E-state index in [0.717, 1.165) is 28.2 Å². The van der Waals surface area contributed by atoms with E-state index in [4.69, 9.17) is 14.2 Å². The van der Waals surface area contributed by atoms with E-state index in [2.05, 4.69) is 5.32 Å². The molecule has 0 fully saturated rings. The zero-order valence-electron chi connectivity index (χ0n) is 18.6. The number of aliphatic hydroxyl groups excluding tert-OH is 1. The third-order valence-electron chi connectivity index (χ3n) is 5.25. The van der Waals surface area contributed by atoms with Gasteiger partial charge < -0.3 is 24.6 Å². The van der Waals surface area contributed by atoms with Crippen molar-refractivity contribution in [3.63, 3.8) is 0 Å². The van der Waals surface area contributed by atoms with Gasteiger partial charge in [0.2, 0.25) is 5.91 Å². The first-order chi connectivity index (χ1) is 15.5. The van der Waals surface area contributed by atoms with Crippen LogP contribution in [0.2, 0.25) is 0 Å². The van der Waals surface area contributed by atoms with Gasteiger partial charge in [0.25, 0.3) is 0 Å². The molecular formula is C26H29NO5. The number of hydrogen-bond acceptors (Lipinski definition) is 5. The number of benzene rings is 3. The first-order valence-corrected chi connectivity index (χ1v) is 10.4. The quantitative estimate of drug-likeness (QED) is 0.477. The maximum absolute atomic E-state index is 11.2. The Bertz CT molecular complexity index is 939. The fourth-order valence-corrected chi connectivity index (χ4v) is 3.62. The van der Waals surface area contributed by atoms with Crippen molar-refractivity contribution in [1.29, 1.82) is 0 Å². The fourth-order valence-electron chi connectivity index (χ4n) is 3.62. The molecule has 0 aliphatic rings. The molecule has 1 unspecified atom stereocenters. The molecule has 3 aromatic carbocycles. The lowest BCUT2D eigenvalue weighted by Crippen LogP contribution is -2.39. The van der Waals surface area contributed by atoms with Crippen molar-refractivity contribution in [1.82, 2.24) is 5.32 Å². The lowest BCUT2D eigenvalue weighted by Gasteiger charge is -2.36. The maximum atomic E-state index is 11.2. The number of aliphatic hydroxyl groups is 1. The minimum absolute atomic E-state index is 0.00718. The summed E-state index contributed by atoms with van der Waals surface area (Å²) >= 11 is 0. The van der Waals surface area contributed by atoms with E-state index in [9.17, 15) is 9.90 Å². The molecule has 6 heteroatoms. The number of nitrogens with one attached hydrogen (secondary N) is 1. The Balaban J connectivity index is 2.11. The van der Waals surface area contributed by atoms with E-state index < -0.39 is 11.7 Å². The number of rotatable bonds is 10. The summed E-state index contributed by atoms with van der Waals surface area (Å²) < 4.78 is 17.2. The first kappa shape index (κ1) is 23.3. The van der Waals surface area contributed by atoms with Gasteiger partial charge in [-0.25, -0.2) is 0 Å². The predicted molar refractivity (Wildman–Crippen MR) is 123 cm³/mol. The van der Waals surface area contributed by atoms with Crippen molar-refractivity contribution in [3.8, 4) is 11.5 Å². The molecule has 32 heavy (non-hydrogen) atoms. The largest absolute Gasteiger partial charge is 0.497 e. The summed E-state index contributed by atoms with van der Waals surface area (Å²) in [5, 5.41) is 13.1. The van der Waals surface area contributed by atoms with Gasteiger partial charge in [-0.1, -0.05) is 54.6 Å². The highest BCUT2D eigenvalue weighted by Crippen LogP contribution is 2.41. The van der Waals surface area contributed by atoms with Gasteiger partial charge in [0.1, 0.15) is 17.1 Å². The summed E-state index contributed by atoms with van der Waals surface area (Å²) in [6.45, 7) is 1.52. The van der Waals surface area contributed by atoms with Gasteiger partial charge in [-0.15, -0.1) is 0 Å². The number of ether oxygens (including phenoxy) is 3. The van der Waals surface area contributed by atoms with Crippen LogP contribution in [0.4, 0.5) is 0 Å². The van der Waals surface area contributed by atoms with Crippen LogP contribution in [0.15, 0.2) is 78.9 Å². The normalized spacial score (nSPS) is 12.1. The standard InChI is InChI=1S/C26H29NO5/c1-19(28)27-17-23(29)18-32-26(20-7-5-4-6-8-20,21-9-13-24(30-2)14-10-21)22-11-15-25(31-3)16-12-22/h4-16,23,29H,17-18H2,1-3H3,(H,27,28). The number of methoxy groups -OCH3 is 2. The molecule has 0 aliphatic carbocycles. The second-order valence-corrected chi connectivity index (χ2v) is 7.41. The summed E-state index contributed by atoms with van der Waals surface area (Å²) in [6.07, 6.45) is -0.876. The molecule has 1 amide bonds. The van der Waals surface area contributed by atoms with E-state index in [0.29, 0.717) is 0 Å². The van der Waals surface area contributed by atoms with Gasteiger partial charge in [-0.2, -0.15) is 0 Å².